The lowest BCUT2D eigenvalue weighted by atomic mass is 9.85. The summed E-state index contributed by atoms with van der Waals surface area (Å²) >= 11 is 0. The number of rotatable bonds is 2. The van der Waals surface area contributed by atoms with Gasteiger partial charge >= 0.3 is 6.09 Å². The van der Waals surface area contributed by atoms with Gasteiger partial charge in [-0.3, -0.25) is 5.32 Å². The second-order valence-corrected chi connectivity index (χ2v) is 6.01. The zero-order valence-electron chi connectivity index (χ0n) is 13.9. The number of nitrogens with zero attached hydrogens (tertiary/aromatic N) is 2. The van der Waals surface area contributed by atoms with E-state index >= 15 is 0 Å². The molecule has 4 rings (SSSR count). The minimum Gasteiger partial charge on any atom is -0.450 e. The molecule has 1 aliphatic heterocycles. The van der Waals surface area contributed by atoms with Crippen LogP contribution in [0.25, 0.3) is 0 Å². The highest BCUT2D eigenvalue weighted by molar-refractivity contribution is 6.02. The molecule has 2 aliphatic rings. The third-order valence-corrected chi connectivity index (χ3v) is 4.43. The molecule has 0 fully saturated rings. The predicted octanol–water partition coefficient (Wildman–Crippen LogP) is 3.42. The quantitative estimate of drug-likeness (QED) is 0.779. The van der Waals surface area contributed by atoms with E-state index in [0.717, 1.165) is 24.2 Å². The van der Waals surface area contributed by atoms with Crippen LogP contribution in [-0.4, -0.2) is 23.4 Å². The number of fused-ring (bicyclic) bond motifs is 4. The van der Waals surface area contributed by atoms with Crippen molar-refractivity contribution in [2.45, 2.75) is 25.8 Å². The van der Waals surface area contributed by atoms with Crippen LogP contribution in [0.5, 0.6) is 0 Å². The average molecular weight is 337 g/mol. The molecule has 4 N–H and O–H groups in total. The minimum absolute atomic E-state index is 0.0229. The number of carbonyl (C=O) groups is 1. The number of nitrogen functional groups attached to an aromatic ring is 1. The van der Waals surface area contributed by atoms with E-state index in [9.17, 15) is 4.79 Å². The summed E-state index contributed by atoms with van der Waals surface area (Å²) in [5.74, 6) is 0.617. The Morgan fingerprint density at radius 1 is 1.40 bits per heavy atom. The molecule has 7 heteroatoms. The number of hydrogen-bond acceptors (Lipinski definition) is 6. The highest BCUT2D eigenvalue weighted by Crippen LogP contribution is 2.42. The van der Waals surface area contributed by atoms with Gasteiger partial charge in [0.1, 0.15) is 11.5 Å². The first kappa shape index (κ1) is 15.4. The molecule has 1 unspecified atom stereocenters. The van der Waals surface area contributed by atoms with Gasteiger partial charge in [0.15, 0.2) is 5.82 Å². The topological polar surface area (TPSA) is 102 Å². The fourth-order valence-corrected chi connectivity index (χ4v) is 3.33. The summed E-state index contributed by atoms with van der Waals surface area (Å²) in [5, 5.41) is 6.08. The van der Waals surface area contributed by atoms with Crippen LogP contribution in [0.1, 0.15) is 30.5 Å². The van der Waals surface area contributed by atoms with E-state index < -0.39 is 6.09 Å². The van der Waals surface area contributed by atoms with E-state index in [4.69, 9.17) is 15.5 Å². The Hall–Kier alpha value is -3.09. The number of aliphatic imine (C=N–C) groups is 1. The lowest BCUT2D eigenvalue weighted by molar-refractivity contribution is 0.168. The maximum absolute atomic E-state index is 11.6. The number of ether oxygens (including phenoxy) is 1. The molecule has 0 bridgehead atoms. The van der Waals surface area contributed by atoms with E-state index in [1.165, 1.54) is 11.1 Å². The van der Waals surface area contributed by atoms with Crippen LogP contribution in [0.4, 0.5) is 27.8 Å². The third-order valence-electron chi connectivity index (χ3n) is 4.43. The molecular formula is C18H19N5O2. The number of carbonyl (C=O) groups excluding carboxylic acids is 1. The van der Waals surface area contributed by atoms with Crippen LogP contribution in [0.3, 0.4) is 0 Å². The van der Waals surface area contributed by atoms with Crippen LogP contribution in [-0.2, 0) is 11.2 Å². The van der Waals surface area contributed by atoms with E-state index in [1.54, 1.807) is 13.0 Å². The van der Waals surface area contributed by atoms with Crippen molar-refractivity contribution in [2.24, 2.45) is 4.99 Å². The van der Waals surface area contributed by atoms with E-state index in [1.807, 2.05) is 6.07 Å². The van der Waals surface area contributed by atoms with Crippen molar-refractivity contribution >= 4 is 34.8 Å². The molecule has 1 amide bonds. The largest absolute Gasteiger partial charge is 0.450 e. The van der Waals surface area contributed by atoms with Gasteiger partial charge in [-0.25, -0.2) is 14.8 Å². The van der Waals surface area contributed by atoms with E-state index in [2.05, 4.69) is 33.8 Å². The zero-order chi connectivity index (χ0) is 17.4. The number of aryl methyl sites for hydroxylation is 1. The number of amides is 1. The van der Waals surface area contributed by atoms with Gasteiger partial charge in [0.2, 0.25) is 0 Å². The molecule has 2 aromatic rings. The number of benzene rings is 1. The molecule has 1 atom stereocenters. The Labute approximate surface area is 145 Å². The maximum Gasteiger partial charge on any atom is 0.412 e. The summed E-state index contributed by atoms with van der Waals surface area (Å²) in [7, 11) is 0. The molecule has 1 aromatic heterocycles. The fraction of sp³-hybridized carbons (Fsp3) is 0.278. The summed E-state index contributed by atoms with van der Waals surface area (Å²) in [5.41, 5.74) is 11.1. The first-order chi connectivity index (χ1) is 12.2. The molecule has 128 valence electrons. The molecule has 2 heterocycles. The Morgan fingerprint density at radius 2 is 2.24 bits per heavy atom. The summed E-state index contributed by atoms with van der Waals surface area (Å²) in [4.78, 5) is 20.6. The number of nitrogens with one attached hydrogen (secondary N) is 2. The Balaban J connectivity index is 1.70. The highest BCUT2D eigenvalue weighted by Gasteiger charge is 2.30. The van der Waals surface area contributed by atoms with Crippen LogP contribution >= 0.6 is 0 Å². The van der Waals surface area contributed by atoms with Crippen LogP contribution in [0.15, 0.2) is 35.3 Å². The Bertz CT molecular complexity index is 878. The lowest BCUT2D eigenvalue weighted by Crippen LogP contribution is -2.29. The Kier molecular flexibility index (Phi) is 3.76. The summed E-state index contributed by atoms with van der Waals surface area (Å²) in [6.45, 7) is 2.03. The van der Waals surface area contributed by atoms with Gasteiger partial charge in [-0.05, 0) is 30.9 Å². The predicted molar refractivity (Wildman–Crippen MR) is 97.5 cm³/mol. The van der Waals surface area contributed by atoms with Crippen LogP contribution in [0, 0.1) is 0 Å². The number of aromatic nitrogens is 1. The first-order valence-electron chi connectivity index (χ1n) is 8.31. The second-order valence-electron chi connectivity index (χ2n) is 6.01. The molecule has 0 radical (unpaired) electrons. The van der Waals surface area contributed by atoms with Crippen molar-refractivity contribution in [3.8, 4) is 0 Å². The number of hydrogen-bond donors (Lipinski definition) is 3. The minimum atomic E-state index is -0.558. The van der Waals surface area contributed by atoms with Gasteiger partial charge in [0.05, 0.1) is 18.3 Å². The van der Waals surface area contributed by atoms with Crippen molar-refractivity contribution in [1.82, 2.24) is 4.98 Å². The van der Waals surface area contributed by atoms with Crippen molar-refractivity contribution in [1.29, 1.82) is 0 Å². The van der Waals surface area contributed by atoms with Crippen molar-refractivity contribution in [3.63, 3.8) is 0 Å². The van der Waals surface area contributed by atoms with Gasteiger partial charge in [0, 0.05) is 11.8 Å². The van der Waals surface area contributed by atoms with E-state index in [0.29, 0.717) is 11.5 Å². The smallest absolute Gasteiger partial charge is 0.412 e. The Morgan fingerprint density at radius 3 is 3.08 bits per heavy atom. The van der Waals surface area contributed by atoms with Gasteiger partial charge in [0.25, 0.3) is 0 Å². The first-order valence-corrected chi connectivity index (χ1v) is 8.31. The van der Waals surface area contributed by atoms with Gasteiger partial charge in [-0.15, -0.1) is 0 Å². The third kappa shape index (κ3) is 2.77. The van der Waals surface area contributed by atoms with Gasteiger partial charge in [-0.1, -0.05) is 24.3 Å². The summed E-state index contributed by atoms with van der Waals surface area (Å²) < 4.78 is 4.88. The maximum atomic E-state index is 11.6. The fourth-order valence-electron chi connectivity index (χ4n) is 3.33. The molecule has 0 saturated heterocycles. The summed E-state index contributed by atoms with van der Waals surface area (Å²) in [6, 6.07) is 10.1. The lowest BCUT2D eigenvalue weighted by Gasteiger charge is -2.33. The normalized spacial score (nSPS) is 17.3. The summed E-state index contributed by atoms with van der Waals surface area (Å²) in [6.07, 6.45) is 1.30. The number of anilines is 3. The SMILES string of the molecule is CCOC(=O)Nc1cc2c(c(N)n1)N=C1CCc3ccccc3C1N2. The molecule has 0 saturated carbocycles. The molecule has 0 spiro atoms. The number of pyridine rings is 1. The molecule has 1 aliphatic carbocycles. The monoisotopic (exact) mass is 337 g/mol. The van der Waals surface area contributed by atoms with Crippen molar-refractivity contribution < 1.29 is 9.53 Å². The molecule has 1 aromatic carbocycles. The number of nitrogens with two attached hydrogens (primary N) is 1. The van der Waals surface area contributed by atoms with E-state index in [-0.39, 0.29) is 18.5 Å². The molecule has 25 heavy (non-hydrogen) atoms. The molecular weight excluding hydrogens is 318 g/mol. The highest BCUT2D eigenvalue weighted by atomic mass is 16.5. The second kappa shape index (κ2) is 6.08. The van der Waals surface area contributed by atoms with Gasteiger partial charge in [-0.2, -0.15) is 0 Å². The van der Waals surface area contributed by atoms with Crippen LogP contribution in [0.2, 0.25) is 0 Å². The standard InChI is InChI=1S/C18H19N5O2/c1-2-25-18(24)23-14-9-13-16(17(19)22-14)20-12-8-7-10-5-3-4-6-11(10)15(12)21-13/h3-6,9,15,21H,2,7-8H2,1H3,(H3,19,22,23,24). The van der Waals surface area contributed by atoms with Crippen molar-refractivity contribution in [2.75, 3.05) is 23.0 Å². The average Bonchev–Trinajstić information content (AvgIpc) is 2.60. The van der Waals surface area contributed by atoms with Crippen molar-refractivity contribution in [3.05, 3.63) is 41.5 Å². The van der Waals surface area contributed by atoms with Gasteiger partial charge < -0.3 is 15.8 Å². The van der Waals surface area contributed by atoms with Crippen LogP contribution < -0.4 is 16.4 Å². The molecule has 7 nitrogen and oxygen atoms in total. The zero-order valence-corrected chi connectivity index (χ0v) is 13.9.